The number of nitrogens with zero attached hydrogens (tertiary/aromatic N) is 2. The number of carbonyl (C=O) groups is 1. The SMILES string of the molecule is CC[C@H]1CN(C(=O)C2=COCC2)C[C@@H]1N1CCOCC1. The highest BCUT2D eigenvalue weighted by molar-refractivity contribution is 5.93. The summed E-state index contributed by atoms with van der Waals surface area (Å²) in [6.07, 6.45) is 3.53. The zero-order valence-corrected chi connectivity index (χ0v) is 12.2. The summed E-state index contributed by atoms with van der Waals surface area (Å²) < 4.78 is 10.6. The second kappa shape index (κ2) is 6.14. The predicted octanol–water partition coefficient (Wildman–Crippen LogP) is 0.860. The smallest absolute Gasteiger partial charge is 0.253 e. The molecule has 0 saturated carbocycles. The molecule has 0 unspecified atom stereocenters. The lowest BCUT2D eigenvalue weighted by molar-refractivity contribution is -0.126. The van der Waals surface area contributed by atoms with Crippen LogP contribution in [0.15, 0.2) is 11.8 Å². The molecule has 0 aromatic rings. The topological polar surface area (TPSA) is 42.0 Å². The number of carbonyl (C=O) groups excluding carboxylic acids is 1. The normalized spacial score (nSPS) is 31.2. The Kier molecular flexibility index (Phi) is 4.27. The first kappa shape index (κ1) is 13.9. The van der Waals surface area contributed by atoms with Crippen LogP contribution in [0, 0.1) is 5.92 Å². The molecule has 0 aliphatic carbocycles. The van der Waals surface area contributed by atoms with Crippen molar-refractivity contribution in [3.05, 3.63) is 11.8 Å². The number of hydrogen-bond donors (Lipinski definition) is 0. The van der Waals surface area contributed by atoms with Gasteiger partial charge in [-0.1, -0.05) is 13.3 Å². The van der Waals surface area contributed by atoms with Crippen LogP contribution in [0.3, 0.4) is 0 Å². The van der Waals surface area contributed by atoms with Crippen LogP contribution in [0.5, 0.6) is 0 Å². The summed E-state index contributed by atoms with van der Waals surface area (Å²) in [7, 11) is 0. The first-order valence-electron chi connectivity index (χ1n) is 7.71. The van der Waals surface area contributed by atoms with Crippen molar-refractivity contribution in [3.63, 3.8) is 0 Å². The maximum Gasteiger partial charge on any atom is 0.253 e. The number of morpholine rings is 1. The molecule has 0 aromatic heterocycles. The average molecular weight is 280 g/mol. The van der Waals surface area contributed by atoms with Crippen molar-refractivity contribution in [1.29, 1.82) is 0 Å². The standard InChI is InChI=1S/C15H24N2O3/c1-2-12-9-17(15(18)13-3-6-20-11-13)10-14(12)16-4-7-19-8-5-16/h11-12,14H,2-10H2,1H3/t12-,14-/m0/s1. The van der Waals surface area contributed by atoms with Crippen molar-refractivity contribution in [2.45, 2.75) is 25.8 Å². The summed E-state index contributed by atoms with van der Waals surface area (Å²) in [5, 5.41) is 0. The first-order valence-corrected chi connectivity index (χ1v) is 7.71. The molecule has 3 aliphatic rings. The van der Waals surface area contributed by atoms with Gasteiger partial charge in [0.1, 0.15) is 0 Å². The second-order valence-corrected chi connectivity index (χ2v) is 5.86. The van der Waals surface area contributed by atoms with Crippen molar-refractivity contribution in [1.82, 2.24) is 9.80 Å². The molecule has 2 fully saturated rings. The minimum Gasteiger partial charge on any atom is -0.500 e. The van der Waals surface area contributed by atoms with E-state index >= 15 is 0 Å². The number of ether oxygens (including phenoxy) is 2. The van der Waals surface area contributed by atoms with Crippen LogP contribution >= 0.6 is 0 Å². The van der Waals surface area contributed by atoms with Crippen molar-refractivity contribution in [3.8, 4) is 0 Å². The Hall–Kier alpha value is -1.07. The Morgan fingerprint density at radius 2 is 2.10 bits per heavy atom. The highest BCUT2D eigenvalue weighted by Gasteiger charge is 2.38. The van der Waals surface area contributed by atoms with E-state index in [1.54, 1.807) is 6.26 Å². The third-order valence-corrected chi connectivity index (χ3v) is 4.72. The van der Waals surface area contributed by atoms with E-state index in [9.17, 15) is 4.79 Å². The Morgan fingerprint density at radius 1 is 1.30 bits per heavy atom. The third-order valence-electron chi connectivity index (χ3n) is 4.72. The molecule has 2 atom stereocenters. The summed E-state index contributed by atoms with van der Waals surface area (Å²) in [4.78, 5) is 17.0. The molecule has 1 amide bonds. The van der Waals surface area contributed by atoms with Gasteiger partial charge in [0.05, 0.1) is 31.7 Å². The van der Waals surface area contributed by atoms with Gasteiger partial charge in [-0.3, -0.25) is 9.69 Å². The summed E-state index contributed by atoms with van der Waals surface area (Å²) in [6, 6.07) is 0.496. The fourth-order valence-corrected chi connectivity index (χ4v) is 3.49. The van der Waals surface area contributed by atoms with E-state index in [0.717, 1.165) is 57.8 Å². The minimum absolute atomic E-state index is 0.178. The zero-order chi connectivity index (χ0) is 13.9. The Labute approximate surface area is 120 Å². The fourth-order valence-electron chi connectivity index (χ4n) is 3.49. The van der Waals surface area contributed by atoms with E-state index in [2.05, 4.69) is 11.8 Å². The van der Waals surface area contributed by atoms with Crippen LogP contribution in [0.1, 0.15) is 19.8 Å². The van der Waals surface area contributed by atoms with E-state index in [0.29, 0.717) is 18.6 Å². The lowest BCUT2D eigenvalue weighted by atomic mass is 9.99. The van der Waals surface area contributed by atoms with Crippen molar-refractivity contribution in [2.75, 3.05) is 46.0 Å². The van der Waals surface area contributed by atoms with Gasteiger partial charge in [0, 0.05) is 38.6 Å². The number of likely N-dealkylation sites (tertiary alicyclic amines) is 1. The Morgan fingerprint density at radius 3 is 2.75 bits per heavy atom. The molecule has 0 N–H and O–H groups in total. The molecule has 112 valence electrons. The van der Waals surface area contributed by atoms with Crippen LogP contribution in [-0.4, -0.2) is 67.7 Å². The van der Waals surface area contributed by atoms with Gasteiger partial charge in [-0.05, 0) is 5.92 Å². The molecule has 0 spiro atoms. The van der Waals surface area contributed by atoms with E-state index in [4.69, 9.17) is 9.47 Å². The number of amides is 1. The third kappa shape index (κ3) is 2.69. The second-order valence-electron chi connectivity index (χ2n) is 5.86. The van der Waals surface area contributed by atoms with Gasteiger partial charge in [0.25, 0.3) is 5.91 Å². The summed E-state index contributed by atoms with van der Waals surface area (Å²) in [5.74, 6) is 0.761. The maximum atomic E-state index is 12.5. The van der Waals surface area contributed by atoms with Crippen LogP contribution in [0.2, 0.25) is 0 Å². The van der Waals surface area contributed by atoms with Gasteiger partial charge >= 0.3 is 0 Å². The molecular weight excluding hydrogens is 256 g/mol. The summed E-state index contributed by atoms with van der Waals surface area (Å²) in [6.45, 7) is 8.25. The summed E-state index contributed by atoms with van der Waals surface area (Å²) in [5.41, 5.74) is 0.836. The Bertz CT molecular complexity index is 391. The largest absolute Gasteiger partial charge is 0.500 e. The molecule has 20 heavy (non-hydrogen) atoms. The van der Waals surface area contributed by atoms with E-state index in [1.165, 1.54) is 0 Å². The molecular formula is C15H24N2O3. The molecule has 2 saturated heterocycles. The lowest BCUT2D eigenvalue weighted by Crippen LogP contribution is -2.47. The molecule has 3 heterocycles. The van der Waals surface area contributed by atoms with Crippen molar-refractivity contribution < 1.29 is 14.3 Å². The highest BCUT2D eigenvalue weighted by atomic mass is 16.5. The average Bonchev–Trinajstić information content (AvgIpc) is 3.17. The highest BCUT2D eigenvalue weighted by Crippen LogP contribution is 2.27. The van der Waals surface area contributed by atoms with Gasteiger partial charge < -0.3 is 14.4 Å². The van der Waals surface area contributed by atoms with Crippen molar-refractivity contribution in [2.24, 2.45) is 5.92 Å². The van der Waals surface area contributed by atoms with E-state index in [1.807, 2.05) is 4.90 Å². The Balaban J connectivity index is 1.65. The van der Waals surface area contributed by atoms with Crippen LogP contribution in [0.4, 0.5) is 0 Å². The van der Waals surface area contributed by atoms with Gasteiger partial charge in [0.15, 0.2) is 0 Å². The lowest BCUT2D eigenvalue weighted by Gasteiger charge is -2.34. The monoisotopic (exact) mass is 280 g/mol. The summed E-state index contributed by atoms with van der Waals surface area (Å²) >= 11 is 0. The quantitative estimate of drug-likeness (QED) is 0.769. The fraction of sp³-hybridized carbons (Fsp3) is 0.800. The van der Waals surface area contributed by atoms with Crippen LogP contribution in [0.25, 0.3) is 0 Å². The van der Waals surface area contributed by atoms with Crippen molar-refractivity contribution >= 4 is 5.91 Å². The molecule has 3 aliphatic heterocycles. The van der Waals surface area contributed by atoms with Gasteiger partial charge in [-0.25, -0.2) is 0 Å². The molecule has 0 radical (unpaired) electrons. The minimum atomic E-state index is 0.178. The molecule has 0 bridgehead atoms. The molecule has 5 nitrogen and oxygen atoms in total. The molecule has 0 aromatic carbocycles. The van der Waals surface area contributed by atoms with E-state index in [-0.39, 0.29) is 5.91 Å². The number of hydrogen-bond acceptors (Lipinski definition) is 4. The van der Waals surface area contributed by atoms with Gasteiger partial charge in [0.2, 0.25) is 0 Å². The van der Waals surface area contributed by atoms with Gasteiger partial charge in [-0.15, -0.1) is 0 Å². The predicted molar refractivity (Wildman–Crippen MR) is 75.2 cm³/mol. The number of rotatable bonds is 3. The molecule has 3 rings (SSSR count). The first-order chi connectivity index (χ1) is 9.79. The maximum absolute atomic E-state index is 12.5. The van der Waals surface area contributed by atoms with E-state index < -0.39 is 0 Å². The van der Waals surface area contributed by atoms with Crippen LogP contribution in [-0.2, 0) is 14.3 Å². The van der Waals surface area contributed by atoms with Gasteiger partial charge in [-0.2, -0.15) is 0 Å². The molecule has 5 heteroatoms. The zero-order valence-electron chi connectivity index (χ0n) is 12.2. The van der Waals surface area contributed by atoms with Crippen LogP contribution < -0.4 is 0 Å².